The Morgan fingerprint density at radius 3 is 1.73 bits per heavy atom. The number of halogens is 2. The fourth-order valence-corrected chi connectivity index (χ4v) is 6.68. The summed E-state index contributed by atoms with van der Waals surface area (Å²) in [6, 6.07) is 9.93. The Bertz CT molecular complexity index is 239. The average molecular weight is 387 g/mol. The van der Waals surface area contributed by atoms with Gasteiger partial charge in [-0.15, -0.1) is 0 Å². The van der Waals surface area contributed by atoms with Gasteiger partial charge in [-0.3, -0.25) is 0 Å². The summed E-state index contributed by atoms with van der Waals surface area (Å²) in [4.78, 5) is 0. The van der Waals surface area contributed by atoms with E-state index in [1.165, 1.54) is 0 Å². The fraction of sp³-hybridized carbons (Fsp3) is 0.250. The second-order valence-corrected chi connectivity index (χ2v) is 38.5. The molecule has 1 aromatic rings. The molecule has 0 radical (unpaired) electrons. The number of benzene rings is 1. The van der Waals surface area contributed by atoms with E-state index in [0.29, 0.717) is 0 Å². The van der Waals surface area contributed by atoms with Crippen LogP contribution in [-0.2, 0) is 0 Å². The van der Waals surface area contributed by atoms with Gasteiger partial charge in [0.05, 0.1) is 0 Å². The van der Waals surface area contributed by atoms with Gasteiger partial charge < -0.3 is 0 Å². The Kier molecular flexibility index (Phi) is 2.55. The average Bonchev–Trinajstić information content (AvgIpc) is 1.86. The molecule has 62 valence electrons. The van der Waals surface area contributed by atoms with Crippen molar-refractivity contribution in [2.75, 3.05) is 0 Å². The first-order valence-corrected chi connectivity index (χ1v) is 20.6. The van der Waals surface area contributed by atoms with E-state index in [4.69, 9.17) is 17.0 Å². The van der Waals surface area contributed by atoms with Crippen molar-refractivity contribution in [2.45, 2.75) is 9.26 Å². The Morgan fingerprint density at radius 1 is 1.00 bits per heavy atom. The Hall–Kier alpha value is 0.683. The number of hydrogen-bond donors (Lipinski definition) is 0. The summed E-state index contributed by atoms with van der Waals surface area (Å²) in [5.74, 6) is 0. The van der Waals surface area contributed by atoms with E-state index < -0.39 is 16.4 Å². The van der Waals surface area contributed by atoms with Gasteiger partial charge in [0.1, 0.15) is 0 Å². The fourth-order valence-electron chi connectivity index (χ4n) is 0.839. The molecule has 0 saturated carbocycles. The molecule has 0 bridgehead atoms. The van der Waals surface area contributed by atoms with Crippen LogP contribution in [0.4, 0.5) is 0 Å². The molecule has 0 atom stereocenters. The summed E-state index contributed by atoms with van der Waals surface area (Å²) in [5, 5.41) is 0. The molecular formula is C8H11BiCl2. The van der Waals surface area contributed by atoms with Gasteiger partial charge in [0.15, 0.2) is 0 Å². The van der Waals surface area contributed by atoms with Gasteiger partial charge >= 0.3 is 76.3 Å². The van der Waals surface area contributed by atoms with Crippen molar-refractivity contribution < 1.29 is 0 Å². The van der Waals surface area contributed by atoms with Crippen LogP contribution in [0.25, 0.3) is 0 Å². The predicted molar refractivity (Wildman–Crippen MR) is 55.3 cm³/mol. The van der Waals surface area contributed by atoms with Crippen LogP contribution in [0.2, 0.25) is 9.26 Å². The zero-order chi connectivity index (χ0) is 8.56. The SMILES string of the molecule is [CH3][Bi]([CH3])([Cl])([Cl])[c]1ccccc1. The van der Waals surface area contributed by atoms with Gasteiger partial charge in [-0.05, 0) is 0 Å². The van der Waals surface area contributed by atoms with Crippen molar-refractivity contribution in [3.8, 4) is 0 Å². The third-order valence-electron chi connectivity index (χ3n) is 1.47. The van der Waals surface area contributed by atoms with E-state index in [2.05, 4.69) is 0 Å². The van der Waals surface area contributed by atoms with Crippen LogP contribution in [0, 0.1) is 0 Å². The predicted octanol–water partition coefficient (Wildman–Crippen LogP) is 3.03. The third-order valence-corrected chi connectivity index (χ3v) is 11.6. The molecule has 0 unspecified atom stereocenters. The van der Waals surface area contributed by atoms with Crippen molar-refractivity contribution in [1.82, 2.24) is 0 Å². The molecule has 3 heteroatoms. The van der Waals surface area contributed by atoms with Crippen LogP contribution in [0.15, 0.2) is 30.3 Å². The van der Waals surface area contributed by atoms with E-state index in [-0.39, 0.29) is 0 Å². The summed E-state index contributed by atoms with van der Waals surface area (Å²) in [5.41, 5.74) is 0. The molecule has 1 rings (SSSR count). The van der Waals surface area contributed by atoms with E-state index in [1.807, 2.05) is 39.6 Å². The van der Waals surface area contributed by atoms with Crippen molar-refractivity contribution in [3.63, 3.8) is 0 Å². The summed E-state index contributed by atoms with van der Waals surface area (Å²) < 4.78 is 5.11. The first-order chi connectivity index (χ1) is 4.86. The molecule has 0 N–H and O–H groups in total. The molecule has 0 nitrogen and oxygen atoms in total. The monoisotopic (exact) mass is 386 g/mol. The van der Waals surface area contributed by atoms with Gasteiger partial charge in [0, 0.05) is 0 Å². The van der Waals surface area contributed by atoms with Crippen molar-refractivity contribution in [2.24, 2.45) is 0 Å². The first-order valence-electron chi connectivity index (χ1n) is 3.37. The van der Waals surface area contributed by atoms with Crippen LogP contribution >= 0.6 is 17.0 Å². The third kappa shape index (κ3) is 2.89. The molecule has 0 saturated heterocycles. The normalized spacial score (nSPS) is 15.5. The second kappa shape index (κ2) is 2.87. The maximum absolute atomic E-state index is 6.29. The molecule has 0 amide bonds. The van der Waals surface area contributed by atoms with Gasteiger partial charge in [-0.25, -0.2) is 0 Å². The van der Waals surface area contributed by atoms with Crippen LogP contribution in [0.5, 0.6) is 0 Å². The van der Waals surface area contributed by atoms with Crippen LogP contribution < -0.4 is 3.27 Å². The molecule has 1 aromatic carbocycles. The standard InChI is InChI=1S/C6H5.2CH3.Bi.2ClH/c1-2-4-6-5-3-1;;;;;/h1-5H;2*1H3;;2*1H/q;;;+2;;/p-2. The van der Waals surface area contributed by atoms with E-state index in [9.17, 15) is 0 Å². The van der Waals surface area contributed by atoms with Crippen LogP contribution in [0.3, 0.4) is 0 Å². The van der Waals surface area contributed by atoms with Crippen molar-refractivity contribution in [1.29, 1.82) is 0 Å². The molecule has 0 aromatic heterocycles. The van der Waals surface area contributed by atoms with Gasteiger partial charge in [-0.2, -0.15) is 0 Å². The second-order valence-electron chi connectivity index (χ2n) is 3.14. The van der Waals surface area contributed by atoms with E-state index in [1.54, 1.807) is 0 Å². The van der Waals surface area contributed by atoms with Crippen molar-refractivity contribution in [3.05, 3.63) is 30.3 Å². The first kappa shape index (κ1) is 9.77. The molecule has 0 aliphatic rings. The zero-order valence-electron chi connectivity index (χ0n) is 6.59. The van der Waals surface area contributed by atoms with Crippen LogP contribution in [-0.4, -0.2) is 16.4 Å². The molecule has 0 heterocycles. The van der Waals surface area contributed by atoms with Gasteiger partial charge in [-0.1, -0.05) is 0 Å². The quantitative estimate of drug-likeness (QED) is 0.651. The Labute approximate surface area is 75.7 Å². The van der Waals surface area contributed by atoms with Crippen molar-refractivity contribution >= 4 is 36.7 Å². The molecule has 0 spiro atoms. The summed E-state index contributed by atoms with van der Waals surface area (Å²) in [6.45, 7) is 0. The topological polar surface area (TPSA) is 0 Å². The van der Waals surface area contributed by atoms with E-state index >= 15 is 0 Å². The van der Waals surface area contributed by atoms with Crippen LogP contribution in [0.1, 0.15) is 0 Å². The van der Waals surface area contributed by atoms with Gasteiger partial charge in [0.2, 0.25) is 0 Å². The summed E-state index contributed by atoms with van der Waals surface area (Å²) in [7, 11) is 12.6. The summed E-state index contributed by atoms with van der Waals surface area (Å²) in [6.07, 6.45) is 0. The van der Waals surface area contributed by atoms with Gasteiger partial charge in [0.25, 0.3) is 0 Å². The Morgan fingerprint density at radius 2 is 1.45 bits per heavy atom. The molecule has 11 heavy (non-hydrogen) atoms. The summed E-state index contributed by atoms with van der Waals surface area (Å²) >= 11 is -3.43. The molecule has 0 fully saturated rings. The number of rotatable bonds is 1. The number of hydrogen-bond acceptors (Lipinski definition) is 0. The molecule has 0 aliphatic carbocycles. The van der Waals surface area contributed by atoms with E-state index in [0.717, 1.165) is 3.27 Å². The molecule has 0 aliphatic heterocycles. The maximum atomic E-state index is 6.29. The Balaban J connectivity index is 3.14. The minimum absolute atomic E-state index is 1.13. The zero-order valence-corrected chi connectivity index (χ0v) is 11.6. The minimum atomic E-state index is -3.43. The molecular weight excluding hydrogens is 376 g/mol.